The van der Waals surface area contributed by atoms with Gasteiger partial charge in [0.15, 0.2) is 59.5 Å². The standard InChI is InChI=1S/C23H31N5O5S.C23H30N4O6S.C22H29N5O5S2.C22H29N5O5S/c1-14(2)32-23(29)28-11-9-17(10-12-28)33-22-15(3)21(24-13-25-22)27-19-7-8-20(26-16(19)4)34(30,31)18-5-6-18;1-15-20(31-16-9-11-27(12-10-16)22(28)33-23(2,3)4)25-14-26-21(15)32-17-5-8-19(24-13-17)34(29,30)18-6-7-18;1-14-21(26-19-7-8-20(25-15(19)2)33(28,29)17-3-4-17)23-13-24-22(14)32-16-9-11-27(12-10-16)34(30,31)18-5-6-18;1-14(2)31-22(28)27-10-8-16(9-11-27)32-20-12-19(23-13-24-20)26-18-6-7-21(25-15(18)3)33(29,30)17-4-5-17/h7-8,13-14,17-18H,5-6,9-12H2,1-4H3,(H,24,25,27);5,8,13-14,16,18H,6-7,9-12H2,1-4H3;7-8,13,16-18H,3-6,9-12H2,1-2H3,(H,23,24,26);6-7,12-14,16-17H,4-5,8-11H2,1-3H3,(H,23,24,26). The molecule has 135 heavy (non-hydrogen) atoms. The molecular formula is C90H119N19O21S5. The normalized spacial score (nSPS) is 18.0. The summed E-state index contributed by atoms with van der Waals surface area (Å²) in [6.07, 6.45) is 17.8. The predicted molar refractivity (Wildman–Crippen MR) is 497 cm³/mol. The van der Waals surface area contributed by atoms with Gasteiger partial charge in [0.1, 0.15) is 78.5 Å². The number of piperidine rings is 4. The van der Waals surface area contributed by atoms with Crippen molar-refractivity contribution in [3.05, 3.63) is 120 Å². The van der Waals surface area contributed by atoms with Crippen LogP contribution in [0.4, 0.5) is 48.9 Å². The minimum Gasteiger partial charge on any atom is -0.474 e. The number of sulfone groups is 4. The molecule has 40 nitrogen and oxygen atoms in total. The third kappa shape index (κ3) is 26.2. The van der Waals surface area contributed by atoms with Crippen molar-refractivity contribution in [2.45, 2.75) is 294 Å². The molecule has 3 amide bonds. The maximum atomic E-state index is 12.5. The van der Waals surface area contributed by atoms with Crippen LogP contribution >= 0.6 is 0 Å². The molecule has 45 heteroatoms. The Bertz CT molecular complexity index is 6200. The smallest absolute Gasteiger partial charge is 0.410 e. The van der Waals surface area contributed by atoms with Crippen LogP contribution in [0.15, 0.2) is 106 Å². The number of hydrogen-bond acceptors (Lipinski definition) is 36. The summed E-state index contributed by atoms with van der Waals surface area (Å²) < 4.78 is 172. The molecule has 5 aliphatic carbocycles. The molecule has 0 spiro atoms. The van der Waals surface area contributed by atoms with Crippen LogP contribution < -0.4 is 39.6 Å². The molecule has 3 N–H and O–H groups in total. The van der Waals surface area contributed by atoms with Gasteiger partial charge >= 0.3 is 18.3 Å². The molecule has 4 saturated heterocycles. The first-order chi connectivity index (χ1) is 64.0. The van der Waals surface area contributed by atoms with Gasteiger partial charge in [-0.15, -0.1) is 0 Å². The third-order valence-corrected chi connectivity index (χ3v) is 34.6. The molecule has 4 aliphatic heterocycles. The summed E-state index contributed by atoms with van der Waals surface area (Å²) in [6.45, 7) is 27.9. The van der Waals surface area contributed by atoms with E-state index < -0.39 is 55.0 Å². The molecule has 9 fully saturated rings. The zero-order valence-corrected chi connectivity index (χ0v) is 82.2. The number of aromatic nitrogens is 12. The monoisotopic (exact) mass is 1960 g/mol. The number of sulfonamides is 1. The fraction of sp³-hybridized carbons (Fsp3) is 0.567. The van der Waals surface area contributed by atoms with Gasteiger partial charge in [0.25, 0.3) is 0 Å². The van der Waals surface area contributed by atoms with E-state index in [1.54, 1.807) is 77.0 Å². The number of carbonyl (C=O) groups is 3. The van der Waals surface area contributed by atoms with E-state index in [1.165, 1.54) is 55.8 Å². The number of anilines is 6. The Kier molecular flexibility index (Phi) is 31.2. The highest BCUT2D eigenvalue weighted by molar-refractivity contribution is 7.93. The maximum absolute atomic E-state index is 12.5. The van der Waals surface area contributed by atoms with Crippen LogP contribution in [0.25, 0.3) is 0 Å². The van der Waals surface area contributed by atoms with Crippen molar-refractivity contribution < 1.29 is 94.4 Å². The van der Waals surface area contributed by atoms with Crippen molar-refractivity contribution in [1.82, 2.24) is 78.8 Å². The van der Waals surface area contributed by atoms with E-state index in [0.29, 0.717) is 253 Å². The first-order valence-electron chi connectivity index (χ1n) is 45.7. The largest absolute Gasteiger partial charge is 0.474 e. The number of nitrogens with one attached hydrogen (secondary N) is 3. The number of carbonyl (C=O) groups excluding carboxylic acids is 3. The molecule has 0 bridgehead atoms. The molecule has 9 aliphatic rings. The Balaban J connectivity index is 0.000000144. The van der Waals surface area contributed by atoms with Gasteiger partial charge in [0.2, 0.25) is 39.4 Å². The number of rotatable bonds is 28. The second-order valence-corrected chi connectivity index (χ2v) is 47.4. The van der Waals surface area contributed by atoms with E-state index in [9.17, 15) is 56.5 Å². The van der Waals surface area contributed by atoms with Crippen molar-refractivity contribution in [3.8, 4) is 35.1 Å². The summed E-state index contributed by atoms with van der Waals surface area (Å²) in [5.74, 6) is 4.03. The van der Waals surface area contributed by atoms with E-state index in [2.05, 4.69) is 75.8 Å². The van der Waals surface area contributed by atoms with E-state index in [1.807, 2.05) is 62.3 Å². The lowest BCUT2D eigenvalue weighted by Crippen LogP contribution is -2.44. The average molecular weight is 1960 g/mol. The molecule has 730 valence electrons. The van der Waals surface area contributed by atoms with Crippen LogP contribution in [0.3, 0.4) is 0 Å². The summed E-state index contributed by atoms with van der Waals surface area (Å²) >= 11 is 0. The number of nitrogens with zero attached hydrogens (tertiary/aromatic N) is 16. The molecule has 0 aromatic carbocycles. The maximum Gasteiger partial charge on any atom is 0.410 e. The van der Waals surface area contributed by atoms with Gasteiger partial charge in [-0.25, -0.2) is 121 Å². The van der Waals surface area contributed by atoms with Crippen molar-refractivity contribution in [2.24, 2.45) is 0 Å². The van der Waals surface area contributed by atoms with Gasteiger partial charge in [-0.1, -0.05) is 0 Å². The number of aryl methyl sites for hydroxylation is 3. The lowest BCUT2D eigenvalue weighted by atomic mass is 10.1. The molecule has 12 heterocycles. The Labute approximate surface area is 787 Å². The average Bonchev–Trinajstić information content (AvgIpc) is 1.66. The van der Waals surface area contributed by atoms with Gasteiger partial charge in [0, 0.05) is 96.9 Å². The predicted octanol–water partition coefficient (Wildman–Crippen LogP) is 13.0. The summed E-state index contributed by atoms with van der Waals surface area (Å²) in [6, 6.07) is 14.4. The van der Waals surface area contributed by atoms with Gasteiger partial charge in [-0.2, -0.15) is 0 Å². The summed E-state index contributed by atoms with van der Waals surface area (Å²) in [7, 11) is -16.5. The third-order valence-electron chi connectivity index (χ3n) is 23.6. The zero-order chi connectivity index (χ0) is 96.6. The summed E-state index contributed by atoms with van der Waals surface area (Å²) in [5.41, 5.74) is 5.22. The fourth-order valence-corrected chi connectivity index (χ4v) is 23.3. The zero-order valence-electron chi connectivity index (χ0n) is 78.1. The van der Waals surface area contributed by atoms with Crippen LogP contribution in [0, 0.1) is 41.5 Å². The molecule has 0 unspecified atom stereocenters. The molecule has 5 saturated carbocycles. The first-order valence-corrected chi connectivity index (χ1v) is 53.4. The second-order valence-electron chi connectivity index (χ2n) is 36.5. The Morgan fingerprint density at radius 1 is 0.370 bits per heavy atom. The first kappa shape index (κ1) is 99.8. The SMILES string of the molecule is Cc1c(Oc2ccc(S(=O)(=O)C3CC3)nc2)ncnc1OC1CCN(C(=O)OC(C)(C)C)CC1.Cc1nc(S(=O)(=O)C2CC2)ccc1Nc1cc(OC2CCN(C(=O)OC(C)C)CC2)ncn1.Cc1nc(S(=O)(=O)C2CC2)ccc1Nc1ncnc(OC2CCN(C(=O)OC(C)C)CC2)c1C.Cc1nc(S(=O)(=O)C2CC2)ccc1Nc1ncnc(OC2CCN(S(=O)(=O)C3CC3)CC2)c1C. The molecule has 0 atom stereocenters. The number of likely N-dealkylation sites (tertiary alicyclic amines) is 3. The number of pyridine rings is 4. The van der Waals surface area contributed by atoms with Gasteiger partial charge in [-0.05, 0) is 216 Å². The Morgan fingerprint density at radius 2 is 0.711 bits per heavy atom. The second kappa shape index (κ2) is 42.2. The van der Waals surface area contributed by atoms with Crippen LogP contribution in [0.1, 0.15) is 198 Å². The van der Waals surface area contributed by atoms with Gasteiger partial charge < -0.3 is 68.5 Å². The van der Waals surface area contributed by atoms with E-state index in [-0.39, 0.29) is 101 Å². The highest BCUT2D eigenvalue weighted by atomic mass is 32.2. The topological polar surface area (TPSA) is 499 Å². The van der Waals surface area contributed by atoms with Gasteiger partial charge in [0.05, 0.1) is 95.5 Å². The van der Waals surface area contributed by atoms with E-state index in [0.717, 1.165) is 18.4 Å². The quantitative estimate of drug-likeness (QED) is 0.0383. The summed E-state index contributed by atoms with van der Waals surface area (Å²) in [5, 5.41) is 8.59. The highest BCUT2D eigenvalue weighted by Crippen LogP contribution is 2.41. The molecule has 8 aromatic rings. The number of hydrogen-bond donors (Lipinski definition) is 3. The van der Waals surface area contributed by atoms with Crippen LogP contribution in [-0.4, -0.2) is 260 Å². The Hall–Kier alpha value is -11.2. The minimum absolute atomic E-state index is 0.0588. The minimum atomic E-state index is -3.35. The van der Waals surface area contributed by atoms with E-state index in [4.69, 9.17) is 37.9 Å². The Morgan fingerprint density at radius 3 is 1.08 bits per heavy atom. The molecule has 8 aromatic heterocycles. The fourth-order valence-electron chi connectivity index (χ4n) is 15.0. The lowest BCUT2D eigenvalue weighted by molar-refractivity contribution is 0.0121. The van der Waals surface area contributed by atoms with Crippen molar-refractivity contribution in [2.75, 3.05) is 68.3 Å². The number of ether oxygens (including phenoxy) is 8. The summed E-state index contributed by atoms with van der Waals surface area (Å²) in [4.78, 5) is 92.5. The molecule has 0 radical (unpaired) electrons. The number of amides is 3. The van der Waals surface area contributed by atoms with Crippen LogP contribution in [-0.2, 0) is 63.6 Å². The molecule has 17 rings (SSSR count). The van der Waals surface area contributed by atoms with E-state index >= 15 is 0 Å². The lowest BCUT2D eigenvalue weighted by Gasteiger charge is -2.33. The highest BCUT2D eigenvalue weighted by Gasteiger charge is 2.44. The molecular weight excluding hydrogens is 1840 g/mol. The van der Waals surface area contributed by atoms with Crippen LogP contribution in [0.5, 0.6) is 35.1 Å². The van der Waals surface area contributed by atoms with Gasteiger partial charge in [-0.3, -0.25) is 0 Å². The van der Waals surface area contributed by atoms with Crippen LogP contribution in [0.2, 0.25) is 0 Å². The van der Waals surface area contributed by atoms with Crippen molar-refractivity contribution in [3.63, 3.8) is 0 Å². The van der Waals surface area contributed by atoms with Crippen molar-refractivity contribution in [1.29, 1.82) is 0 Å². The van der Waals surface area contributed by atoms with Crippen molar-refractivity contribution >= 4 is 102 Å².